The van der Waals surface area contributed by atoms with Gasteiger partial charge in [0.1, 0.15) is 30.5 Å². The molecule has 0 saturated carbocycles. The van der Waals surface area contributed by atoms with Crippen LogP contribution in [0.3, 0.4) is 0 Å². The van der Waals surface area contributed by atoms with Gasteiger partial charge in [-0.05, 0) is 12.8 Å². The molecular weight excluding hydrogens is 596 g/mol. The average molecular weight is 623 g/mol. The molecule has 230 valence electrons. The molecule has 8 N–H and O–H groups in total. The highest BCUT2D eigenvalue weighted by Gasteiger charge is 2.51. The molecule has 7 heterocycles. The molecule has 0 amide bonds. The minimum absolute atomic E-state index is 0.0174. The van der Waals surface area contributed by atoms with E-state index in [2.05, 4.69) is 24.9 Å². The number of nitrogens with zero attached hydrogens (tertiary/aromatic N) is 6. The summed E-state index contributed by atoms with van der Waals surface area (Å²) < 4.78 is 53.3. The molecule has 3 aliphatic rings. The maximum absolute atomic E-state index is 14.7. The predicted molar refractivity (Wildman–Crippen MR) is 142 cm³/mol. The Balaban J connectivity index is 1.17. The number of H-pyrrole nitrogens is 1. The van der Waals surface area contributed by atoms with Gasteiger partial charge in [-0.1, -0.05) is 6.42 Å². The SMILES string of the molecule is Nc1nc2c(ncn2[C@@H]2O[C@@H]3CCC[C@H]4[C@@H](O)[C@H](n5cc(F)c6c(N)ncnc65)O[C@@H]4COP(=O)(O)O[C@@H]2[C@@H]3O)c(=O)[nH]1. The van der Waals surface area contributed by atoms with Gasteiger partial charge in [0, 0.05) is 12.1 Å². The average Bonchev–Trinajstić information content (AvgIpc) is 3.68. The number of aliphatic hydroxyl groups excluding tert-OH is 2. The Kier molecular flexibility index (Phi) is 6.75. The molecule has 0 radical (unpaired) electrons. The first-order chi connectivity index (χ1) is 20.5. The highest BCUT2D eigenvalue weighted by Crippen LogP contribution is 2.51. The van der Waals surface area contributed by atoms with Crippen LogP contribution in [0.2, 0.25) is 0 Å². The van der Waals surface area contributed by atoms with Crippen LogP contribution in [-0.2, 0) is 23.1 Å². The molecule has 3 fully saturated rings. The highest BCUT2D eigenvalue weighted by atomic mass is 31.2. The van der Waals surface area contributed by atoms with Crippen molar-refractivity contribution in [2.24, 2.45) is 5.92 Å². The second kappa shape index (κ2) is 10.3. The lowest BCUT2D eigenvalue weighted by molar-refractivity contribution is -0.0568. The number of hydrogen-bond acceptors (Lipinski definition) is 14. The van der Waals surface area contributed by atoms with Gasteiger partial charge in [-0.2, -0.15) is 4.98 Å². The van der Waals surface area contributed by atoms with Gasteiger partial charge in [0.25, 0.3) is 5.56 Å². The Morgan fingerprint density at radius 1 is 1.05 bits per heavy atom. The number of nitrogens with one attached hydrogen (secondary N) is 1. The third-order valence-corrected chi connectivity index (χ3v) is 9.09. The zero-order valence-electron chi connectivity index (χ0n) is 22.1. The molecule has 7 rings (SSSR count). The second-order valence-corrected chi connectivity index (χ2v) is 12.1. The van der Waals surface area contributed by atoms with Crippen molar-refractivity contribution < 1.29 is 42.6 Å². The summed E-state index contributed by atoms with van der Waals surface area (Å²) >= 11 is 0. The summed E-state index contributed by atoms with van der Waals surface area (Å²) in [6.07, 6.45) is -3.69. The monoisotopic (exact) mass is 623 g/mol. The van der Waals surface area contributed by atoms with E-state index in [0.717, 1.165) is 12.5 Å². The number of nitrogens with two attached hydrogens (primary N) is 2. The number of anilines is 2. The quantitative estimate of drug-likeness (QED) is 0.156. The topological polar surface area (TPSA) is 261 Å². The Bertz CT molecular complexity index is 1820. The van der Waals surface area contributed by atoms with Crippen molar-refractivity contribution in [3.63, 3.8) is 0 Å². The first-order valence-corrected chi connectivity index (χ1v) is 14.8. The number of ether oxygens (including phenoxy) is 2. The zero-order valence-corrected chi connectivity index (χ0v) is 23.0. The molecular formula is C23H27FN9O9P. The fourth-order valence-corrected chi connectivity index (χ4v) is 7.06. The summed E-state index contributed by atoms with van der Waals surface area (Å²) in [5.41, 5.74) is 11.0. The molecule has 20 heteroatoms. The standard InChI is InChI=1S/C23H27FN9O9P/c24-9-4-32(18-12(9)17(25)27-6-28-18)21-14(34)8-2-1-3-10-15(35)16(42-43(37,38)39-5-11(8)41-21)22(40-10)33-7-29-13-19(33)30-23(26)31-20(13)36/h4,6-8,10-11,14-16,21-22,34-35H,1-3,5H2,(H,37,38)(H2,25,27,28)(H3,26,30,31,36)/t8-,10-,11-,14-,15-,16-,21-,22-/m1/s1. The van der Waals surface area contributed by atoms with Gasteiger partial charge in [0.2, 0.25) is 5.95 Å². The number of phosphoric acid groups is 1. The highest BCUT2D eigenvalue weighted by molar-refractivity contribution is 7.47. The summed E-state index contributed by atoms with van der Waals surface area (Å²) in [6.45, 7) is -0.482. The number of imidazole rings is 1. The van der Waals surface area contributed by atoms with E-state index in [4.69, 9.17) is 30.0 Å². The van der Waals surface area contributed by atoms with Crippen molar-refractivity contribution in [1.29, 1.82) is 0 Å². The third kappa shape index (κ3) is 4.68. The number of nitrogen functional groups attached to an aromatic ring is 2. The van der Waals surface area contributed by atoms with E-state index < -0.39 is 74.7 Å². The summed E-state index contributed by atoms with van der Waals surface area (Å²) in [4.78, 5) is 41.3. The molecule has 4 aromatic rings. The fraction of sp³-hybridized carbons (Fsp3) is 0.522. The Morgan fingerprint density at radius 3 is 2.65 bits per heavy atom. The Hall–Kier alpha value is -3.55. The van der Waals surface area contributed by atoms with E-state index in [0.29, 0.717) is 12.8 Å². The first-order valence-electron chi connectivity index (χ1n) is 13.3. The molecule has 43 heavy (non-hydrogen) atoms. The normalized spacial score (nSPS) is 35.2. The maximum Gasteiger partial charge on any atom is 0.472 e. The van der Waals surface area contributed by atoms with Crippen LogP contribution >= 0.6 is 7.82 Å². The van der Waals surface area contributed by atoms with Gasteiger partial charge in [-0.3, -0.25) is 23.4 Å². The van der Waals surface area contributed by atoms with Gasteiger partial charge < -0.3 is 40.6 Å². The summed E-state index contributed by atoms with van der Waals surface area (Å²) in [5, 5.41) is 22.4. The van der Waals surface area contributed by atoms with E-state index in [1.54, 1.807) is 0 Å². The lowest BCUT2D eigenvalue weighted by Gasteiger charge is -2.26. The molecule has 3 aliphatic heterocycles. The summed E-state index contributed by atoms with van der Waals surface area (Å²) in [7, 11) is -4.89. The van der Waals surface area contributed by atoms with Gasteiger partial charge in [0.15, 0.2) is 35.1 Å². The number of hydrogen-bond donors (Lipinski definition) is 6. The molecule has 18 nitrogen and oxygen atoms in total. The zero-order chi connectivity index (χ0) is 30.2. The van der Waals surface area contributed by atoms with E-state index in [-0.39, 0.29) is 40.4 Å². The van der Waals surface area contributed by atoms with Crippen LogP contribution in [0, 0.1) is 11.7 Å². The fourth-order valence-electron chi connectivity index (χ4n) is 6.13. The lowest BCUT2D eigenvalue weighted by atomic mass is 9.91. The van der Waals surface area contributed by atoms with Crippen LogP contribution in [0.1, 0.15) is 31.7 Å². The van der Waals surface area contributed by atoms with E-state index in [1.165, 1.54) is 15.5 Å². The number of aromatic amines is 1. The largest absolute Gasteiger partial charge is 0.472 e. The van der Waals surface area contributed by atoms with Crippen molar-refractivity contribution in [1.82, 2.24) is 34.1 Å². The molecule has 0 aromatic carbocycles. The lowest BCUT2D eigenvalue weighted by Crippen LogP contribution is -2.35. The maximum atomic E-state index is 14.7. The van der Waals surface area contributed by atoms with Crippen molar-refractivity contribution in [2.45, 2.75) is 62.2 Å². The third-order valence-electron chi connectivity index (χ3n) is 8.11. The molecule has 9 atom stereocenters. The van der Waals surface area contributed by atoms with Crippen molar-refractivity contribution >= 4 is 41.8 Å². The predicted octanol–water partition coefficient (Wildman–Crippen LogP) is -0.313. The van der Waals surface area contributed by atoms with Crippen LogP contribution in [0.5, 0.6) is 0 Å². The minimum Gasteiger partial charge on any atom is -0.388 e. The second-order valence-electron chi connectivity index (χ2n) is 10.7. The number of aliphatic hydroxyl groups is 2. The van der Waals surface area contributed by atoms with Gasteiger partial charge in [-0.25, -0.2) is 23.9 Å². The van der Waals surface area contributed by atoms with Crippen LogP contribution < -0.4 is 17.0 Å². The van der Waals surface area contributed by atoms with Gasteiger partial charge in [-0.15, -0.1) is 0 Å². The van der Waals surface area contributed by atoms with Crippen LogP contribution in [-0.4, -0.2) is 86.3 Å². The number of rotatable bonds is 2. The first kappa shape index (κ1) is 28.2. The molecule has 1 unspecified atom stereocenters. The molecule has 0 aliphatic carbocycles. The van der Waals surface area contributed by atoms with E-state index >= 15 is 0 Å². The summed E-state index contributed by atoms with van der Waals surface area (Å²) in [6, 6.07) is 0. The number of phosphoric ester groups is 1. The van der Waals surface area contributed by atoms with Crippen LogP contribution in [0.4, 0.5) is 16.2 Å². The van der Waals surface area contributed by atoms with Gasteiger partial charge >= 0.3 is 7.82 Å². The number of fused-ring (bicyclic) bond motifs is 5. The van der Waals surface area contributed by atoms with Crippen molar-refractivity contribution in [2.75, 3.05) is 18.1 Å². The van der Waals surface area contributed by atoms with E-state index in [9.17, 15) is 28.9 Å². The smallest absolute Gasteiger partial charge is 0.388 e. The van der Waals surface area contributed by atoms with Crippen LogP contribution in [0.15, 0.2) is 23.6 Å². The van der Waals surface area contributed by atoms with Crippen molar-refractivity contribution in [3.05, 3.63) is 35.0 Å². The van der Waals surface area contributed by atoms with Gasteiger partial charge in [0.05, 0.1) is 30.5 Å². The van der Waals surface area contributed by atoms with Crippen LogP contribution in [0.25, 0.3) is 22.2 Å². The number of aromatic nitrogens is 7. The molecule has 3 saturated heterocycles. The minimum atomic E-state index is -4.89. The Labute approximate surface area is 240 Å². The molecule has 2 bridgehead atoms. The van der Waals surface area contributed by atoms with E-state index in [1.807, 2.05) is 0 Å². The Morgan fingerprint density at radius 2 is 1.84 bits per heavy atom. The molecule has 0 spiro atoms. The number of halogens is 1. The van der Waals surface area contributed by atoms with Crippen molar-refractivity contribution in [3.8, 4) is 0 Å². The molecule has 4 aromatic heterocycles. The summed E-state index contributed by atoms with van der Waals surface area (Å²) in [5.74, 6) is -1.61.